The molecule has 0 fully saturated rings. The van der Waals surface area contributed by atoms with Gasteiger partial charge in [-0.1, -0.05) is 30.3 Å². The molecule has 1 heterocycles. The van der Waals surface area contributed by atoms with Gasteiger partial charge in [0.2, 0.25) is 0 Å². The lowest BCUT2D eigenvalue weighted by atomic mass is 10.1. The topological polar surface area (TPSA) is 80.0 Å². The predicted octanol–water partition coefficient (Wildman–Crippen LogP) is 2.26. The standard InChI is InChI=1S/C18H17FN4O2/c19-14-6-8-15(9-7-14)23-21-12-16(22-23)18(25)20-11-10-17(24)13-4-2-1-3-5-13/h1-9,12,17,24H,10-11H2,(H,20,25). The first kappa shape index (κ1) is 16.8. The first-order valence-corrected chi connectivity index (χ1v) is 7.83. The molecule has 7 heteroatoms. The van der Waals surface area contributed by atoms with Crippen LogP contribution in [0.25, 0.3) is 5.69 Å². The highest BCUT2D eigenvalue weighted by atomic mass is 19.1. The Morgan fingerprint density at radius 1 is 1.16 bits per heavy atom. The van der Waals surface area contributed by atoms with Gasteiger partial charge in [-0.05, 0) is 36.2 Å². The Hall–Kier alpha value is -3.06. The van der Waals surface area contributed by atoms with Crippen LogP contribution in [-0.4, -0.2) is 32.6 Å². The van der Waals surface area contributed by atoms with Gasteiger partial charge in [0, 0.05) is 6.54 Å². The third-order valence-electron chi connectivity index (χ3n) is 3.67. The number of aliphatic hydroxyl groups is 1. The lowest BCUT2D eigenvalue weighted by Gasteiger charge is -2.10. The number of carbonyl (C=O) groups excluding carboxylic acids is 1. The van der Waals surface area contributed by atoms with E-state index in [-0.39, 0.29) is 17.4 Å². The van der Waals surface area contributed by atoms with Gasteiger partial charge in [0.1, 0.15) is 5.82 Å². The van der Waals surface area contributed by atoms with E-state index in [1.807, 2.05) is 30.3 Å². The van der Waals surface area contributed by atoms with E-state index < -0.39 is 6.10 Å². The monoisotopic (exact) mass is 340 g/mol. The highest BCUT2D eigenvalue weighted by Crippen LogP contribution is 2.15. The number of benzene rings is 2. The first-order chi connectivity index (χ1) is 12.1. The number of carbonyl (C=O) groups is 1. The van der Waals surface area contributed by atoms with Crippen molar-refractivity contribution in [3.63, 3.8) is 0 Å². The maximum absolute atomic E-state index is 12.9. The maximum atomic E-state index is 12.9. The molecule has 2 aromatic carbocycles. The Morgan fingerprint density at radius 3 is 2.60 bits per heavy atom. The van der Waals surface area contributed by atoms with Crippen molar-refractivity contribution in [1.29, 1.82) is 0 Å². The molecule has 0 spiro atoms. The van der Waals surface area contributed by atoms with Crippen molar-refractivity contribution >= 4 is 5.91 Å². The van der Waals surface area contributed by atoms with Gasteiger partial charge in [-0.2, -0.15) is 9.90 Å². The smallest absolute Gasteiger partial charge is 0.273 e. The molecule has 0 saturated heterocycles. The molecule has 0 saturated carbocycles. The second kappa shape index (κ2) is 7.67. The molecular weight excluding hydrogens is 323 g/mol. The summed E-state index contributed by atoms with van der Waals surface area (Å²) in [6, 6.07) is 14.9. The minimum absolute atomic E-state index is 0.151. The number of aliphatic hydroxyl groups excluding tert-OH is 1. The van der Waals surface area contributed by atoms with Gasteiger partial charge < -0.3 is 10.4 Å². The summed E-state index contributed by atoms with van der Waals surface area (Å²) < 4.78 is 12.9. The minimum Gasteiger partial charge on any atom is -0.388 e. The van der Waals surface area contributed by atoms with Crippen LogP contribution in [0.3, 0.4) is 0 Å². The van der Waals surface area contributed by atoms with Crippen molar-refractivity contribution in [2.45, 2.75) is 12.5 Å². The number of amides is 1. The molecule has 3 rings (SSSR count). The summed E-state index contributed by atoms with van der Waals surface area (Å²) in [5.74, 6) is -0.737. The van der Waals surface area contributed by atoms with Crippen molar-refractivity contribution < 1.29 is 14.3 Å². The minimum atomic E-state index is -0.642. The molecule has 0 aliphatic carbocycles. The van der Waals surface area contributed by atoms with Gasteiger partial charge in [-0.15, -0.1) is 5.10 Å². The third kappa shape index (κ3) is 4.27. The fourth-order valence-corrected chi connectivity index (χ4v) is 2.32. The second-order valence-electron chi connectivity index (χ2n) is 5.47. The van der Waals surface area contributed by atoms with E-state index >= 15 is 0 Å². The zero-order chi connectivity index (χ0) is 17.6. The molecule has 128 valence electrons. The lowest BCUT2D eigenvalue weighted by Crippen LogP contribution is -2.26. The maximum Gasteiger partial charge on any atom is 0.273 e. The van der Waals surface area contributed by atoms with Gasteiger partial charge in [0.05, 0.1) is 18.0 Å². The molecule has 0 radical (unpaired) electrons. The SMILES string of the molecule is O=C(NCCC(O)c1ccccc1)c1cnn(-c2ccc(F)cc2)n1. The zero-order valence-electron chi connectivity index (χ0n) is 13.3. The van der Waals surface area contributed by atoms with E-state index in [0.29, 0.717) is 18.7 Å². The number of hydrogen-bond donors (Lipinski definition) is 2. The van der Waals surface area contributed by atoms with E-state index in [4.69, 9.17) is 0 Å². The van der Waals surface area contributed by atoms with Crippen molar-refractivity contribution in [3.8, 4) is 5.69 Å². The molecule has 1 atom stereocenters. The molecule has 6 nitrogen and oxygen atoms in total. The number of rotatable bonds is 6. The molecule has 1 unspecified atom stereocenters. The normalized spacial score (nSPS) is 11.9. The zero-order valence-corrected chi connectivity index (χ0v) is 13.3. The van der Waals surface area contributed by atoms with Crippen LogP contribution in [-0.2, 0) is 0 Å². The highest BCUT2D eigenvalue weighted by Gasteiger charge is 2.12. The summed E-state index contributed by atoms with van der Waals surface area (Å²) in [4.78, 5) is 13.3. The van der Waals surface area contributed by atoms with Crippen molar-refractivity contribution in [2.24, 2.45) is 0 Å². The fraction of sp³-hybridized carbons (Fsp3) is 0.167. The second-order valence-corrected chi connectivity index (χ2v) is 5.47. The van der Waals surface area contributed by atoms with Crippen LogP contribution >= 0.6 is 0 Å². The van der Waals surface area contributed by atoms with Crippen LogP contribution in [0.4, 0.5) is 4.39 Å². The Kier molecular flexibility index (Phi) is 5.15. The van der Waals surface area contributed by atoms with Crippen LogP contribution in [0, 0.1) is 5.82 Å². The molecule has 0 bridgehead atoms. The molecule has 3 aromatic rings. The Morgan fingerprint density at radius 2 is 1.88 bits per heavy atom. The average Bonchev–Trinajstić information content (AvgIpc) is 3.13. The van der Waals surface area contributed by atoms with Crippen LogP contribution in [0.5, 0.6) is 0 Å². The average molecular weight is 340 g/mol. The van der Waals surface area contributed by atoms with Crippen LogP contribution < -0.4 is 5.32 Å². The third-order valence-corrected chi connectivity index (χ3v) is 3.67. The number of aromatic nitrogens is 3. The van der Waals surface area contributed by atoms with E-state index in [1.54, 1.807) is 0 Å². The number of halogens is 1. The van der Waals surface area contributed by atoms with Crippen molar-refractivity contribution in [3.05, 3.63) is 77.9 Å². The summed E-state index contributed by atoms with van der Waals surface area (Å²) in [6.45, 7) is 0.304. The van der Waals surface area contributed by atoms with E-state index in [2.05, 4.69) is 15.5 Å². The number of hydrogen-bond acceptors (Lipinski definition) is 4. The summed E-state index contributed by atoms with van der Waals surface area (Å²) in [5.41, 5.74) is 1.51. The van der Waals surface area contributed by atoms with E-state index in [9.17, 15) is 14.3 Å². The fourth-order valence-electron chi connectivity index (χ4n) is 2.32. The summed E-state index contributed by atoms with van der Waals surface area (Å²) >= 11 is 0. The van der Waals surface area contributed by atoms with Crippen molar-refractivity contribution in [1.82, 2.24) is 20.3 Å². The number of nitrogens with zero attached hydrogens (tertiary/aromatic N) is 3. The summed E-state index contributed by atoms with van der Waals surface area (Å²) in [7, 11) is 0. The van der Waals surface area contributed by atoms with Gasteiger partial charge in [-0.3, -0.25) is 4.79 Å². The molecular formula is C18H17FN4O2. The van der Waals surface area contributed by atoms with Gasteiger partial charge in [-0.25, -0.2) is 4.39 Å². The Balaban J connectivity index is 1.54. The molecule has 0 aliphatic rings. The predicted molar refractivity (Wildman–Crippen MR) is 89.7 cm³/mol. The molecule has 1 aromatic heterocycles. The Labute approximate surface area is 143 Å². The molecule has 0 aliphatic heterocycles. The van der Waals surface area contributed by atoms with Crippen LogP contribution in [0.1, 0.15) is 28.6 Å². The van der Waals surface area contributed by atoms with E-state index in [0.717, 1.165) is 5.56 Å². The number of nitrogens with one attached hydrogen (secondary N) is 1. The van der Waals surface area contributed by atoms with Gasteiger partial charge in [0.15, 0.2) is 5.69 Å². The lowest BCUT2D eigenvalue weighted by molar-refractivity contribution is 0.0937. The molecule has 1 amide bonds. The quantitative estimate of drug-likeness (QED) is 0.721. The largest absolute Gasteiger partial charge is 0.388 e. The highest BCUT2D eigenvalue weighted by molar-refractivity contribution is 5.91. The van der Waals surface area contributed by atoms with Crippen molar-refractivity contribution in [2.75, 3.05) is 6.54 Å². The summed E-state index contributed by atoms with van der Waals surface area (Å²) in [5, 5.41) is 20.8. The molecule has 2 N–H and O–H groups in total. The van der Waals surface area contributed by atoms with Crippen LogP contribution in [0.2, 0.25) is 0 Å². The Bertz CT molecular complexity index is 834. The first-order valence-electron chi connectivity index (χ1n) is 7.83. The molecule has 25 heavy (non-hydrogen) atoms. The van der Waals surface area contributed by atoms with Gasteiger partial charge >= 0.3 is 0 Å². The summed E-state index contributed by atoms with van der Waals surface area (Å²) in [6.07, 6.45) is 1.09. The van der Waals surface area contributed by atoms with Gasteiger partial charge in [0.25, 0.3) is 5.91 Å². The van der Waals surface area contributed by atoms with E-state index in [1.165, 1.54) is 35.3 Å². The van der Waals surface area contributed by atoms with Crippen LogP contribution in [0.15, 0.2) is 60.8 Å².